The van der Waals surface area contributed by atoms with Gasteiger partial charge in [-0.15, -0.1) is 0 Å². The van der Waals surface area contributed by atoms with Gasteiger partial charge in [-0.1, -0.05) is 0 Å². The Morgan fingerprint density at radius 3 is 2.72 bits per heavy atom. The minimum absolute atomic E-state index is 0.0145. The van der Waals surface area contributed by atoms with Gasteiger partial charge in [-0.05, 0) is 43.3 Å². The van der Waals surface area contributed by atoms with Gasteiger partial charge in [-0.2, -0.15) is 0 Å². The van der Waals surface area contributed by atoms with Crippen LogP contribution in [0.3, 0.4) is 0 Å². The van der Waals surface area contributed by atoms with E-state index in [1.165, 1.54) is 12.1 Å². The molecule has 1 aromatic rings. The number of aromatic hydroxyl groups is 2. The van der Waals surface area contributed by atoms with Crippen LogP contribution in [0.5, 0.6) is 11.5 Å². The number of nitrogens with two attached hydrogens (primary N) is 1. The van der Waals surface area contributed by atoms with Crippen LogP contribution in [0, 0.1) is 0 Å². The Balaban J connectivity index is 2.39. The van der Waals surface area contributed by atoms with Crippen LogP contribution in [0.1, 0.15) is 24.4 Å². The van der Waals surface area contributed by atoms with Crippen molar-refractivity contribution >= 4 is 24.1 Å². The Morgan fingerprint density at radius 1 is 1.44 bits per heavy atom. The molecule has 1 saturated heterocycles. The fourth-order valence-corrected chi connectivity index (χ4v) is 2.96. The Kier molecular flexibility index (Phi) is 3.79. The lowest BCUT2D eigenvalue weighted by Gasteiger charge is -2.19. The maximum absolute atomic E-state index is 10.1. The number of benzene rings is 1. The van der Waals surface area contributed by atoms with Crippen molar-refractivity contribution in [2.24, 2.45) is 5.50 Å². The lowest BCUT2D eigenvalue weighted by Crippen LogP contribution is -2.14. The second kappa shape index (κ2) is 5.03. The first-order valence-corrected chi connectivity index (χ1v) is 8.39. The maximum atomic E-state index is 10.1. The van der Waals surface area contributed by atoms with Gasteiger partial charge in [-0.3, -0.25) is 5.50 Å². The van der Waals surface area contributed by atoms with Crippen molar-refractivity contribution in [2.75, 3.05) is 11.6 Å². The van der Waals surface area contributed by atoms with E-state index in [1.807, 2.05) is 0 Å². The van der Waals surface area contributed by atoms with Crippen molar-refractivity contribution in [1.29, 1.82) is 0 Å². The van der Waals surface area contributed by atoms with Crippen LogP contribution in [0.15, 0.2) is 12.1 Å². The molecular formula is C10H16N3O3PS. The summed E-state index contributed by atoms with van der Waals surface area (Å²) in [7, 11) is 0. The van der Waals surface area contributed by atoms with Gasteiger partial charge in [0.05, 0.1) is 11.3 Å². The lowest BCUT2D eigenvalue weighted by molar-refractivity contribution is 0.424. The van der Waals surface area contributed by atoms with Crippen LogP contribution in [-0.2, 0) is 11.8 Å². The molecule has 2 atom stereocenters. The summed E-state index contributed by atoms with van der Waals surface area (Å²) in [6, 6.07) is 2.79. The van der Waals surface area contributed by atoms with Gasteiger partial charge in [0.2, 0.25) is 6.57 Å². The third-order valence-electron chi connectivity index (χ3n) is 2.88. The van der Waals surface area contributed by atoms with Crippen molar-refractivity contribution in [3.63, 3.8) is 0 Å². The Bertz CT molecular complexity index is 499. The number of phenolic OH excluding ortho intramolecular Hbond substituents is 2. The Morgan fingerprint density at radius 2 is 2.17 bits per heavy atom. The SMILES string of the molecule is NP(O)(=S)Nc1ccc(O)c(C2CCCN2)c1O. The van der Waals surface area contributed by atoms with Crippen molar-refractivity contribution in [2.45, 2.75) is 18.9 Å². The van der Waals surface area contributed by atoms with Gasteiger partial charge in [0.25, 0.3) is 0 Å². The molecular weight excluding hydrogens is 273 g/mol. The molecule has 1 fully saturated rings. The van der Waals surface area contributed by atoms with Gasteiger partial charge in [-0.25, -0.2) is 0 Å². The highest BCUT2D eigenvalue weighted by atomic mass is 32.4. The molecule has 7 N–H and O–H groups in total. The normalized spacial score (nSPS) is 22.7. The van der Waals surface area contributed by atoms with E-state index in [1.54, 1.807) is 0 Å². The molecule has 0 amide bonds. The summed E-state index contributed by atoms with van der Waals surface area (Å²) in [5.41, 5.74) is 6.02. The van der Waals surface area contributed by atoms with Gasteiger partial charge in [0.1, 0.15) is 11.5 Å². The van der Waals surface area contributed by atoms with E-state index in [9.17, 15) is 15.1 Å². The molecule has 8 heteroatoms. The highest BCUT2D eigenvalue weighted by Crippen LogP contribution is 2.44. The minimum Gasteiger partial charge on any atom is -0.507 e. The van der Waals surface area contributed by atoms with E-state index in [2.05, 4.69) is 22.2 Å². The zero-order valence-corrected chi connectivity index (χ0v) is 11.3. The van der Waals surface area contributed by atoms with Crippen LogP contribution < -0.4 is 15.9 Å². The summed E-state index contributed by atoms with van der Waals surface area (Å²) in [5.74, 6) is -0.108. The van der Waals surface area contributed by atoms with Crippen molar-refractivity contribution in [1.82, 2.24) is 5.32 Å². The molecule has 0 bridgehead atoms. The highest BCUT2D eigenvalue weighted by Gasteiger charge is 2.25. The largest absolute Gasteiger partial charge is 0.507 e. The molecule has 1 aliphatic heterocycles. The maximum Gasteiger partial charge on any atom is 0.218 e. The van der Waals surface area contributed by atoms with E-state index in [4.69, 9.17) is 5.50 Å². The highest BCUT2D eigenvalue weighted by molar-refractivity contribution is 8.11. The lowest BCUT2D eigenvalue weighted by atomic mass is 10.0. The van der Waals surface area contributed by atoms with Gasteiger partial charge < -0.3 is 25.5 Å². The average molecular weight is 289 g/mol. The number of nitrogens with one attached hydrogen (secondary N) is 2. The zero-order valence-electron chi connectivity index (χ0n) is 9.63. The van der Waals surface area contributed by atoms with Crippen LogP contribution in [0.2, 0.25) is 0 Å². The number of rotatable bonds is 3. The molecule has 100 valence electrons. The summed E-state index contributed by atoms with van der Waals surface area (Å²) in [6.07, 6.45) is 1.82. The zero-order chi connectivity index (χ0) is 13.3. The van der Waals surface area contributed by atoms with E-state index < -0.39 is 6.57 Å². The fraction of sp³-hybridized carbons (Fsp3) is 0.400. The van der Waals surface area contributed by atoms with Gasteiger partial charge >= 0.3 is 0 Å². The van der Waals surface area contributed by atoms with Crippen molar-refractivity contribution in [3.8, 4) is 11.5 Å². The first kappa shape index (κ1) is 13.6. The number of anilines is 1. The summed E-state index contributed by atoms with van der Waals surface area (Å²) in [4.78, 5) is 9.42. The standard InChI is InChI=1S/C10H16N3O3PS/c11-17(16,18)13-7-3-4-8(14)9(10(7)15)6-2-1-5-12-6/h3-4,6,12,14-15H,1-2,5H2,(H4,11,13,16,18). The molecule has 1 heterocycles. The minimum atomic E-state index is -3.16. The molecule has 1 aromatic carbocycles. The second-order valence-electron chi connectivity index (χ2n) is 4.28. The first-order chi connectivity index (χ1) is 8.38. The van der Waals surface area contributed by atoms with E-state index in [-0.39, 0.29) is 23.2 Å². The summed E-state index contributed by atoms with van der Waals surface area (Å²) >= 11 is 4.68. The molecule has 2 rings (SSSR count). The average Bonchev–Trinajstić information content (AvgIpc) is 2.74. The van der Waals surface area contributed by atoms with Crippen LogP contribution >= 0.6 is 6.57 Å². The monoisotopic (exact) mass is 289 g/mol. The summed E-state index contributed by atoms with van der Waals surface area (Å²) in [5, 5.41) is 25.7. The molecule has 0 aliphatic carbocycles. The quantitative estimate of drug-likeness (QED) is 0.281. The van der Waals surface area contributed by atoms with Crippen LogP contribution in [0.25, 0.3) is 0 Å². The molecule has 0 aromatic heterocycles. The van der Waals surface area contributed by atoms with Gasteiger partial charge in [0.15, 0.2) is 0 Å². The van der Waals surface area contributed by atoms with E-state index in [0.717, 1.165) is 19.4 Å². The molecule has 0 radical (unpaired) electrons. The molecule has 1 aliphatic rings. The Hall–Kier alpha value is -0.850. The fourth-order valence-electron chi connectivity index (χ4n) is 2.13. The number of hydrogen-bond donors (Lipinski definition) is 6. The Labute approximate surface area is 110 Å². The predicted octanol–water partition coefficient (Wildman–Crippen LogP) is 1.11. The second-order valence-corrected chi connectivity index (χ2v) is 7.42. The molecule has 18 heavy (non-hydrogen) atoms. The molecule has 0 saturated carbocycles. The smallest absolute Gasteiger partial charge is 0.218 e. The van der Waals surface area contributed by atoms with Crippen molar-refractivity contribution < 1.29 is 15.1 Å². The molecule has 6 nitrogen and oxygen atoms in total. The van der Waals surface area contributed by atoms with Crippen LogP contribution in [-0.4, -0.2) is 21.7 Å². The molecule has 0 spiro atoms. The predicted molar refractivity (Wildman–Crippen MR) is 74.1 cm³/mol. The van der Waals surface area contributed by atoms with Crippen LogP contribution in [0.4, 0.5) is 5.69 Å². The third-order valence-corrected chi connectivity index (χ3v) is 3.72. The first-order valence-electron chi connectivity index (χ1n) is 5.56. The van der Waals surface area contributed by atoms with Crippen molar-refractivity contribution in [3.05, 3.63) is 17.7 Å². The third kappa shape index (κ3) is 2.93. The summed E-state index contributed by atoms with van der Waals surface area (Å²) in [6.45, 7) is -2.32. The summed E-state index contributed by atoms with van der Waals surface area (Å²) < 4.78 is 0. The van der Waals surface area contributed by atoms with Gasteiger partial charge in [0, 0.05) is 6.04 Å². The number of phenols is 2. The molecule has 2 unspecified atom stereocenters. The van der Waals surface area contributed by atoms with E-state index >= 15 is 0 Å². The topological polar surface area (TPSA) is 111 Å². The van der Waals surface area contributed by atoms with E-state index in [0.29, 0.717) is 5.56 Å². The number of hydrogen-bond acceptors (Lipinski definition) is 4.